The molecule has 0 saturated carbocycles. The Morgan fingerprint density at radius 1 is 1.50 bits per heavy atom. The van der Waals surface area contributed by atoms with Crippen LogP contribution in [0.25, 0.3) is 0 Å². The third kappa shape index (κ3) is 3.49. The Kier molecular flexibility index (Phi) is 4.31. The van der Waals surface area contributed by atoms with Gasteiger partial charge in [-0.3, -0.25) is 0 Å². The van der Waals surface area contributed by atoms with Gasteiger partial charge in [-0.05, 0) is 0 Å². The molecule has 0 aromatic carbocycles. The quantitative estimate of drug-likeness (QED) is 0.806. The fourth-order valence-electron chi connectivity index (χ4n) is 0.976. The summed E-state index contributed by atoms with van der Waals surface area (Å²) in [7, 11) is -2.99. The number of aromatic nitrogens is 2. The highest BCUT2D eigenvalue weighted by atomic mass is 35.5. The molecule has 0 radical (unpaired) electrons. The van der Waals surface area contributed by atoms with E-state index < -0.39 is 9.84 Å². The minimum Gasteiger partial charge on any atom is -0.382 e. The highest BCUT2D eigenvalue weighted by Gasteiger charge is 2.09. The van der Waals surface area contributed by atoms with Crippen LogP contribution in [0.2, 0.25) is 5.02 Å². The van der Waals surface area contributed by atoms with Crippen LogP contribution in [-0.2, 0) is 9.84 Å². The largest absolute Gasteiger partial charge is 0.382 e. The van der Waals surface area contributed by atoms with Gasteiger partial charge in [0.15, 0.2) is 9.84 Å². The summed E-state index contributed by atoms with van der Waals surface area (Å²) >= 11 is 5.82. The minimum absolute atomic E-state index is 0.0315. The third-order valence-electron chi connectivity index (χ3n) is 1.96. The molecule has 6 nitrogen and oxygen atoms in total. The zero-order valence-corrected chi connectivity index (χ0v) is 10.3. The van der Waals surface area contributed by atoms with Gasteiger partial charge in [-0.2, -0.15) is 0 Å². The molecule has 1 aromatic rings. The highest BCUT2D eigenvalue weighted by Crippen LogP contribution is 2.22. The van der Waals surface area contributed by atoms with E-state index in [0.29, 0.717) is 5.82 Å². The Bertz CT molecular complexity index is 463. The van der Waals surface area contributed by atoms with E-state index in [4.69, 9.17) is 17.3 Å². The second-order valence-corrected chi connectivity index (χ2v) is 5.94. The maximum absolute atomic E-state index is 11.2. The molecule has 3 N–H and O–H groups in total. The summed E-state index contributed by atoms with van der Waals surface area (Å²) in [6.07, 6.45) is 1.26. The number of nitrogens with two attached hydrogens (primary N) is 1. The van der Waals surface area contributed by atoms with Crippen LogP contribution in [0.5, 0.6) is 0 Å². The monoisotopic (exact) mass is 264 g/mol. The molecule has 0 aliphatic heterocycles. The molecule has 8 heteroatoms. The SMILES string of the molecule is CCS(=O)(=O)CCNc1ncnc(N)c1Cl. The lowest BCUT2D eigenvalue weighted by Gasteiger charge is -2.07. The number of sulfone groups is 1. The maximum atomic E-state index is 11.2. The summed E-state index contributed by atoms with van der Waals surface area (Å²) in [5.41, 5.74) is 5.46. The Morgan fingerprint density at radius 3 is 2.81 bits per heavy atom. The molecule has 0 unspecified atom stereocenters. The van der Waals surface area contributed by atoms with Gasteiger partial charge in [-0.25, -0.2) is 18.4 Å². The number of nitrogens with one attached hydrogen (secondary N) is 1. The maximum Gasteiger partial charge on any atom is 0.151 e. The van der Waals surface area contributed by atoms with Crippen molar-refractivity contribution in [1.82, 2.24) is 9.97 Å². The highest BCUT2D eigenvalue weighted by molar-refractivity contribution is 7.91. The predicted octanol–water partition coefficient (Wildman–Crippen LogP) is 0.559. The lowest BCUT2D eigenvalue weighted by atomic mass is 10.5. The topological polar surface area (TPSA) is 98.0 Å². The van der Waals surface area contributed by atoms with E-state index in [9.17, 15) is 8.42 Å². The molecule has 0 atom stereocenters. The number of hydrogen-bond acceptors (Lipinski definition) is 6. The number of nitrogens with zero attached hydrogens (tertiary/aromatic N) is 2. The van der Waals surface area contributed by atoms with Gasteiger partial charge in [-0.1, -0.05) is 18.5 Å². The van der Waals surface area contributed by atoms with Gasteiger partial charge in [0.25, 0.3) is 0 Å². The van der Waals surface area contributed by atoms with Crippen LogP contribution in [0.15, 0.2) is 6.33 Å². The molecular weight excluding hydrogens is 252 g/mol. The van der Waals surface area contributed by atoms with E-state index >= 15 is 0 Å². The van der Waals surface area contributed by atoms with E-state index in [-0.39, 0.29) is 28.9 Å². The number of anilines is 2. The summed E-state index contributed by atoms with van der Waals surface area (Å²) in [5, 5.41) is 3.01. The number of halogens is 1. The standard InChI is InChI=1S/C8H13ClN4O2S/c1-2-16(14,15)4-3-11-8-6(9)7(10)12-5-13-8/h5H,2-4H2,1H3,(H3,10,11,12,13). The van der Waals surface area contributed by atoms with Crippen molar-refractivity contribution in [2.75, 3.05) is 29.1 Å². The van der Waals surface area contributed by atoms with Crippen molar-refractivity contribution in [2.45, 2.75) is 6.92 Å². The Morgan fingerprint density at radius 2 is 2.19 bits per heavy atom. The van der Waals surface area contributed by atoms with E-state index in [1.54, 1.807) is 6.92 Å². The first-order valence-corrected chi connectivity index (χ1v) is 6.86. The van der Waals surface area contributed by atoms with E-state index in [0.717, 1.165) is 0 Å². The Hall–Kier alpha value is -1.08. The molecule has 0 aliphatic rings. The van der Waals surface area contributed by atoms with E-state index in [1.807, 2.05) is 0 Å². The lowest BCUT2D eigenvalue weighted by Crippen LogP contribution is -2.18. The fourth-order valence-corrected chi connectivity index (χ4v) is 1.84. The van der Waals surface area contributed by atoms with Gasteiger partial charge in [0.2, 0.25) is 0 Å². The van der Waals surface area contributed by atoms with Gasteiger partial charge in [0, 0.05) is 12.3 Å². The van der Waals surface area contributed by atoms with E-state index in [1.165, 1.54) is 6.33 Å². The summed E-state index contributed by atoms with van der Waals surface area (Å²) in [6.45, 7) is 1.84. The molecule has 90 valence electrons. The Labute approximate surface area is 99.1 Å². The molecular formula is C8H13ClN4O2S. The van der Waals surface area contributed by atoms with Crippen molar-refractivity contribution >= 4 is 33.1 Å². The minimum atomic E-state index is -2.99. The van der Waals surface area contributed by atoms with Crippen LogP contribution < -0.4 is 11.1 Å². The second-order valence-electron chi connectivity index (χ2n) is 3.08. The molecule has 0 saturated heterocycles. The van der Waals surface area contributed by atoms with Gasteiger partial charge >= 0.3 is 0 Å². The smallest absolute Gasteiger partial charge is 0.151 e. The third-order valence-corrected chi connectivity index (χ3v) is 4.04. The van der Waals surface area contributed by atoms with Crippen molar-refractivity contribution < 1.29 is 8.42 Å². The van der Waals surface area contributed by atoms with Gasteiger partial charge in [-0.15, -0.1) is 0 Å². The summed E-state index contributed by atoms with van der Waals surface area (Å²) in [6, 6.07) is 0. The molecule has 16 heavy (non-hydrogen) atoms. The predicted molar refractivity (Wildman–Crippen MR) is 64.3 cm³/mol. The van der Waals surface area contributed by atoms with Crippen LogP contribution >= 0.6 is 11.6 Å². The summed E-state index contributed by atoms with van der Waals surface area (Å²) < 4.78 is 22.4. The van der Waals surface area contributed by atoms with Gasteiger partial charge in [0.05, 0.1) is 5.75 Å². The second kappa shape index (κ2) is 5.31. The zero-order valence-electron chi connectivity index (χ0n) is 8.77. The van der Waals surface area contributed by atoms with Gasteiger partial charge < -0.3 is 11.1 Å². The summed E-state index contributed by atoms with van der Waals surface area (Å²) in [5.74, 6) is 0.663. The lowest BCUT2D eigenvalue weighted by molar-refractivity contribution is 0.597. The number of nitrogen functional groups attached to an aromatic ring is 1. The first-order chi connectivity index (χ1) is 7.46. The molecule has 0 spiro atoms. The van der Waals surface area contributed by atoms with Crippen LogP contribution in [0.3, 0.4) is 0 Å². The molecule has 0 fully saturated rings. The van der Waals surface area contributed by atoms with Crippen molar-refractivity contribution in [3.05, 3.63) is 11.3 Å². The fraction of sp³-hybridized carbons (Fsp3) is 0.500. The zero-order chi connectivity index (χ0) is 12.2. The molecule has 1 rings (SSSR count). The normalized spacial score (nSPS) is 11.4. The van der Waals surface area contributed by atoms with E-state index in [2.05, 4.69) is 15.3 Å². The molecule has 0 bridgehead atoms. The number of rotatable bonds is 5. The molecule has 1 aromatic heterocycles. The van der Waals surface area contributed by atoms with Crippen molar-refractivity contribution in [2.24, 2.45) is 0 Å². The van der Waals surface area contributed by atoms with Crippen LogP contribution in [0, 0.1) is 0 Å². The Balaban J connectivity index is 2.59. The van der Waals surface area contributed by atoms with Crippen molar-refractivity contribution in [3.8, 4) is 0 Å². The summed E-state index contributed by atoms with van der Waals surface area (Å²) in [4.78, 5) is 7.54. The number of hydrogen-bond donors (Lipinski definition) is 2. The molecule has 0 amide bonds. The van der Waals surface area contributed by atoms with Crippen LogP contribution in [0.4, 0.5) is 11.6 Å². The first-order valence-electron chi connectivity index (χ1n) is 4.66. The molecule has 1 heterocycles. The average Bonchev–Trinajstić information content (AvgIpc) is 2.24. The first kappa shape index (κ1) is 13.0. The van der Waals surface area contributed by atoms with Crippen LogP contribution in [-0.4, -0.2) is 36.4 Å². The average molecular weight is 265 g/mol. The van der Waals surface area contributed by atoms with Gasteiger partial charge in [0.1, 0.15) is 23.0 Å². The van der Waals surface area contributed by atoms with Crippen LogP contribution in [0.1, 0.15) is 6.92 Å². The molecule has 0 aliphatic carbocycles. The van der Waals surface area contributed by atoms with Crippen molar-refractivity contribution in [1.29, 1.82) is 0 Å². The van der Waals surface area contributed by atoms with Crippen molar-refractivity contribution in [3.63, 3.8) is 0 Å².